The van der Waals surface area contributed by atoms with E-state index in [9.17, 15) is 4.79 Å². The number of hydrogen-bond donors (Lipinski definition) is 2. The van der Waals surface area contributed by atoms with Gasteiger partial charge in [-0.2, -0.15) is 5.10 Å². The lowest BCUT2D eigenvalue weighted by molar-refractivity contribution is -0.118. The van der Waals surface area contributed by atoms with Crippen LogP contribution >= 0.6 is 11.8 Å². The molecule has 0 saturated heterocycles. The highest BCUT2D eigenvalue weighted by Crippen LogP contribution is 2.32. The average Bonchev–Trinajstić information content (AvgIpc) is 3.14. The van der Waals surface area contributed by atoms with E-state index >= 15 is 0 Å². The van der Waals surface area contributed by atoms with Gasteiger partial charge in [0.1, 0.15) is 11.3 Å². The highest BCUT2D eigenvalue weighted by atomic mass is 32.2. The van der Waals surface area contributed by atoms with Crippen LogP contribution in [-0.4, -0.2) is 35.0 Å². The minimum Gasteiger partial charge on any atom is -0.494 e. The first kappa shape index (κ1) is 19.0. The van der Waals surface area contributed by atoms with Crippen molar-refractivity contribution in [3.05, 3.63) is 66.0 Å². The molecule has 2 aromatic carbocycles. The summed E-state index contributed by atoms with van der Waals surface area (Å²) in [6, 6.07) is 15.7. The summed E-state index contributed by atoms with van der Waals surface area (Å²) in [6.07, 6.45) is 3.52. The van der Waals surface area contributed by atoms with Crippen LogP contribution in [0.1, 0.15) is 11.3 Å². The van der Waals surface area contributed by atoms with Gasteiger partial charge < -0.3 is 9.72 Å². The molecule has 1 amide bonds. The van der Waals surface area contributed by atoms with Crippen molar-refractivity contribution in [2.45, 2.75) is 11.8 Å². The summed E-state index contributed by atoms with van der Waals surface area (Å²) < 4.78 is 5.41. The predicted molar refractivity (Wildman–Crippen MR) is 118 cm³/mol. The van der Waals surface area contributed by atoms with Crippen LogP contribution in [0.15, 0.2) is 64.7 Å². The predicted octanol–water partition coefficient (Wildman–Crippen LogP) is 4.28. The fourth-order valence-electron chi connectivity index (χ4n) is 3.15. The molecule has 0 saturated carbocycles. The third-order valence-electron chi connectivity index (χ3n) is 4.49. The van der Waals surface area contributed by atoms with Crippen LogP contribution in [0.2, 0.25) is 0 Å². The van der Waals surface area contributed by atoms with E-state index in [0.717, 1.165) is 43.7 Å². The number of amides is 1. The van der Waals surface area contributed by atoms with E-state index in [1.165, 1.54) is 11.8 Å². The maximum atomic E-state index is 12.3. The summed E-state index contributed by atoms with van der Waals surface area (Å²) in [7, 11) is 1.63. The van der Waals surface area contributed by atoms with Crippen molar-refractivity contribution in [1.82, 2.24) is 15.4 Å². The van der Waals surface area contributed by atoms with Crippen LogP contribution in [0.5, 0.6) is 5.75 Å². The number of methoxy groups -OCH3 is 1. The molecule has 29 heavy (non-hydrogen) atoms. The number of fused-ring (bicyclic) bond motifs is 2. The molecule has 0 fully saturated rings. The van der Waals surface area contributed by atoms with Crippen molar-refractivity contribution in [2.24, 2.45) is 5.10 Å². The SMILES string of the molecule is COc1cccc2c(SCC(=O)N/N=C/c3c[nH]c4ccccc34)cc(C)nc12. The molecule has 4 aromatic rings. The van der Waals surface area contributed by atoms with Crippen LogP contribution in [0.4, 0.5) is 0 Å². The lowest BCUT2D eigenvalue weighted by atomic mass is 10.2. The molecule has 0 bridgehead atoms. The third-order valence-corrected chi connectivity index (χ3v) is 5.54. The monoisotopic (exact) mass is 404 g/mol. The van der Waals surface area contributed by atoms with Crippen LogP contribution in [-0.2, 0) is 4.79 Å². The number of hydrazone groups is 1. The van der Waals surface area contributed by atoms with Crippen molar-refractivity contribution < 1.29 is 9.53 Å². The number of thioether (sulfide) groups is 1. The smallest absolute Gasteiger partial charge is 0.250 e. The lowest BCUT2D eigenvalue weighted by Crippen LogP contribution is -2.19. The van der Waals surface area contributed by atoms with E-state index in [2.05, 4.69) is 20.5 Å². The van der Waals surface area contributed by atoms with E-state index in [-0.39, 0.29) is 11.7 Å². The van der Waals surface area contributed by atoms with E-state index in [1.54, 1.807) is 13.3 Å². The standard InChI is InChI=1S/C22H20N4O2S/c1-14-10-20(17-7-5-9-19(28-2)22(17)25-14)29-13-21(27)26-24-12-15-11-23-18-8-4-3-6-16(15)18/h3-12,23H,13H2,1-2H3,(H,26,27)/b24-12+. The molecule has 2 aromatic heterocycles. The van der Waals surface area contributed by atoms with Crippen molar-refractivity contribution in [2.75, 3.05) is 12.9 Å². The number of nitrogens with one attached hydrogen (secondary N) is 2. The molecule has 7 heteroatoms. The number of nitrogens with zero attached hydrogens (tertiary/aromatic N) is 2. The second kappa shape index (κ2) is 8.36. The molecule has 146 valence electrons. The Hall–Kier alpha value is -3.32. The molecule has 0 aliphatic carbocycles. The Labute approximate surface area is 172 Å². The maximum absolute atomic E-state index is 12.3. The Morgan fingerprint density at radius 1 is 1.24 bits per heavy atom. The van der Waals surface area contributed by atoms with Gasteiger partial charge in [0, 0.05) is 38.6 Å². The first-order valence-corrected chi connectivity index (χ1v) is 10.1. The first-order valence-electron chi connectivity index (χ1n) is 9.11. The van der Waals surface area contributed by atoms with Gasteiger partial charge in [-0.15, -0.1) is 11.8 Å². The summed E-state index contributed by atoms with van der Waals surface area (Å²) in [6.45, 7) is 1.93. The highest BCUT2D eigenvalue weighted by Gasteiger charge is 2.10. The van der Waals surface area contributed by atoms with Crippen LogP contribution in [0, 0.1) is 6.92 Å². The number of para-hydroxylation sites is 2. The van der Waals surface area contributed by atoms with E-state index in [0.29, 0.717) is 0 Å². The van der Waals surface area contributed by atoms with E-state index in [4.69, 9.17) is 4.74 Å². The molecule has 0 atom stereocenters. The number of benzene rings is 2. The van der Waals surface area contributed by atoms with Crippen molar-refractivity contribution in [3.63, 3.8) is 0 Å². The number of carbonyl (C=O) groups is 1. The van der Waals surface area contributed by atoms with Gasteiger partial charge in [-0.1, -0.05) is 30.3 Å². The van der Waals surface area contributed by atoms with Crippen molar-refractivity contribution >= 4 is 45.7 Å². The van der Waals surface area contributed by atoms with Gasteiger partial charge in [0.15, 0.2) is 0 Å². The van der Waals surface area contributed by atoms with Crippen molar-refractivity contribution in [3.8, 4) is 5.75 Å². The summed E-state index contributed by atoms with van der Waals surface area (Å²) in [5.74, 6) is 0.804. The maximum Gasteiger partial charge on any atom is 0.250 e. The van der Waals surface area contributed by atoms with Gasteiger partial charge in [-0.05, 0) is 25.1 Å². The molecule has 0 radical (unpaired) electrons. The average molecular weight is 404 g/mol. The molecule has 0 unspecified atom stereocenters. The number of H-pyrrole nitrogens is 1. The molecule has 4 rings (SSSR count). The highest BCUT2D eigenvalue weighted by molar-refractivity contribution is 8.00. The quantitative estimate of drug-likeness (QED) is 0.286. The van der Waals surface area contributed by atoms with Gasteiger partial charge in [0.05, 0.1) is 19.1 Å². The zero-order chi connectivity index (χ0) is 20.2. The summed E-state index contributed by atoms with van der Waals surface area (Å²) in [5.41, 5.74) is 6.24. The van der Waals surface area contributed by atoms with E-state index in [1.807, 2.05) is 61.7 Å². The number of aryl methyl sites for hydroxylation is 1. The fraction of sp³-hybridized carbons (Fsp3) is 0.136. The zero-order valence-electron chi connectivity index (χ0n) is 16.1. The molecule has 6 nitrogen and oxygen atoms in total. The van der Waals surface area contributed by atoms with Crippen molar-refractivity contribution in [1.29, 1.82) is 0 Å². The number of hydrogen-bond acceptors (Lipinski definition) is 5. The molecular weight excluding hydrogens is 384 g/mol. The number of aromatic nitrogens is 2. The minimum atomic E-state index is -0.170. The second-order valence-corrected chi connectivity index (χ2v) is 7.51. The fourth-order valence-corrected chi connectivity index (χ4v) is 4.07. The van der Waals surface area contributed by atoms with Gasteiger partial charge in [0.2, 0.25) is 5.91 Å². The Morgan fingerprint density at radius 3 is 2.93 bits per heavy atom. The first-order chi connectivity index (χ1) is 14.2. The number of ether oxygens (including phenoxy) is 1. The van der Waals surface area contributed by atoms with Crippen LogP contribution in [0.25, 0.3) is 21.8 Å². The van der Waals surface area contributed by atoms with Gasteiger partial charge in [0.25, 0.3) is 0 Å². The molecule has 2 N–H and O–H groups in total. The van der Waals surface area contributed by atoms with Crippen LogP contribution in [0.3, 0.4) is 0 Å². The van der Waals surface area contributed by atoms with E-state index < -0.39 is 0 Å². The van der Waals surface area contributed by atoms with Crippen LogP contribution < -0.4 is 10.2 Å². The number of pyridine rings is 1. The zero-order valence-corrected chi connectivity index (χ0v) is 16.9. The lowest BCUT2D eigenvalue weighted by Gasteiger charge is -2.10. The normalized spacial score (nSPS) is 11.4. The summed E-state index contributed by atoms with van der Waals surface area (Å²) in [4.78, 5) is 21.0. The minimum absolute atomic E-state index is 0.170. The third kappa shape index (κ3) is 4.09. The number of aromatic amines is 1. The molecule has 2 heterocycles. The summed E-state index contributed by atoms with van der Waals surface area (Å²) in [5, 5.41) is 6.12. The Kier molecular flexibility index (Phi) is 5.48. The Bertz CT molecular complexity index is 1220. The Balaban J connectivity index is 1.43. The molecule has 0 aliphatic rings. The number of carbonyl (C=O) groups excluding carboxylic acids is 1. The Morgan fingerprint density at radius 2 is 2.07 bits per heavy atom. The summed E-state index contributed by atoms with van der Waals surface area (Å²) >= 11 is 1.45. The molecule has 0 aliphatic heterocycles. The topological polar surface area (TPSA) is 79.4 Å². The van der Waals surface area contributed by atoms with Gasteiger partial charge in [-0.25, -0.2) is 10.4 Å². The second-order valence-electron chi connectivity index (χ2n) is 6.49. The number of rotatable bonds is 6. The van der Waals surface area contributed by atoms with Gasteiger partial charge in [-0.3, -0.25) is 4.79 Å². The molecule has 0 spiro atoms. The largest absolute Gasteiger partial charge is 0.494 e. The molecular formula is C22H20N4O2S. The van der Waals surface area contributed by atoms with Gasteiger partial charge >= 0.3 is 0 Å².